The zero-order chi connectivity index (χ0) is 57.1. The van der Waals surface area contributed by atoms with Crippen LogP contribution in [-0.4, -0.2) is 102 Å². The van der Waals surface area contributed by atoms with Crippen molar-refractivity contribution in [2.45, 2.75) is 55.8 Å². The van der Waals surface area contributed by atoms with Gasteiger partial charge in [0.25, 0.3) is 5.69 Å². The molecule has 4 aliphatic heterocycles. The summed E-state index contributed by atoms with van der Waals surface area (Å²) in [4.78, 5) is 82.4. The Hall–Kier alpha value is -9.34. The fourth-order valence-electron chi connectivity index (χ4n) is 12.3. The largest absolute Gasteiger partial charge is 0.493 e. The molecule has 3 amide bonds. The van der Waals surface area contributed by atoms with E-state index in [1.165, 1.54) is 31.4 Å². The standard InChI is InChI=1S/C65H59N5O12/c1-66(39-43-14-7-4-8-15-43)32-13-16-42-23-30-53-52(36-42)65(63(74)68(53)64(75)81-41-44-21-26-50(27-22-44)70(76)77)56(61(72)67-33-31-48-37-54(78-2)55(79-3)38-49(48)40-67)58-62(73)82-59(46-19-11-6-12-20-46)57(45-17-9-5-10-18-45)69(58)60(65)47-24-28-51(29-25-47)80-35-34-71/h4-12,14-15,17-30,36-38,56-60,71H,31-35,39-41H2,1-3H3. The number of carbonyl (C=O) groups is 4. The quantitative estimate of drug-likeness (QED) is 0.0443. The number of non-ortho nitro benzene ring substituents is 1. The van der Waals surface area contributed by atoms with Crippen molar-refractivity contribution in [3.05, 3.63) is 230 Å². The molecule has 6 unspecified atom stereocenters. The number of rotatable bonds is 15. The Morgan fingerprint density at radius 2 is 1.44 bits per heavy atom. The number of cyclic esters (lactones) is 1. The SMILES string of the molecule is COc1cc2c(cc1OC)CN(C(=O)C1C3C(=O)OC(c4ccccc4)C(c4ccccc4)N3C(c3ccc(OCCO)cc3)C13C(=O)N(C(=O)OCc1ccc([N+](=O)[O-])cc1)c1ccc(C#CCN(C)Cc4ccccc4)cc13)CC2. The van der Waals surface area contributed by atoms with Crippen LogP contribution in [0.3, 0.4) is 0 Å². The minimum absolute atomic E-state index is 0.00441. The molecule has 7 aromatic carbocycles. The summed E-state index contributed by atoms with van der Waals surface area (Å²) in [7, 11) is 5.05. The summed E-state index contributed by atoms with van der Waals surface area (Å²) in [5, 5.41) is 21.3. The first-order chi connectivity index (χ1) is 39.9. The number of amides is 3. The second-order valence-corrected chi connectivity index (χ2v) is 20.7. The first-order valence-electron chi connectivity index (χ1n) is 27.0. The van der Waals surface area contributed by atoms with E-state index in [2.05, 4.69) is 16.7 Å². The molecule has 4 heterocycles. The average molecular weight is 1100 g/mol. The molecule has 0 radical (unpaired) electrons. The van der Waals surface area contributed by atoms with Crippen LogP contribution in [0.4, 0.5) is 16.2 Å². The van der Waals surface area contributed by atoms with Gasteiger partial charge >= 0.3 is 12.1 Å². The fourth-order valence-corrected chi connectivity index (χ4v) is 12.3. The van der Waals surface area contributed by atoms with Crippen molar-refractivity contribution < 1.29 is 52.9 Å². The summed E-state index contributed by atoms with van der Waals surface area (Å²) in [5.74, 6) is 4.33. The lowest BCUT2D eigenvalue weighted by Gasteiger charge is -2.46. The molecular weight excluding hydrogens is 1040 g/mol. The summed E-state index contributed by atoms with van der Waals surface area (Å²) >= 11 is 0. The minimum Gasteiger partial charge on any atom is -0.493 e. The topological polar surface area (TPSA) is 191 Å². The van der Waals surface area contributed by atoms with Gasteiger partial charge in [-0.25, -0.2) is 9.69 Å². The summed E-state index contributed by atoms with van der Waals surface area (Å²) in [6, 6.07) is 46.6. The van der Waals surface area contributed by atoms with E-state index >= 15 is 19.2 Å². The number of hydrogen-bond donors (Lipinski definition) is 1. The Labute approximate surface area is 474 Å². The molecule has 2 fully saturated rings. The second-order valence-electron chi connectivity index (χ2n) is 20.7. The molecule has 416 valence electrons. The van der Waals surface area contributed by atoms with Gasteiger partial charge in [-0.2, -0.15) is 0 Å². The molecule has 2 saturated heterocycles. The van der Waals surface area contributed by atoms with Gasteiger partial charge in [-0.3, -0.25) is 34.3 Å². The number of carbonyl (C=O) groups excluding carboxylic acids is 4. The van der Waals surface area contributed by atoms with Crippen LogP contribution in [0.1, 0.15) is 68.3 Å². The van der Waals surface area contributed by atoms with Gasteiger partial charge in [-0.15, -0.1) is 0 Å². The van der Waals surface area contributed by atoms with Crippen molar-refractivity contribution in [1.29, 1.82) is 0 Å². The molecule has 4 aliphatic rings. The van der Waals surface area contributed by atoms with Gasteiger partial charge in [0, 0.05) is 37.3 Å². The fraction of sp³-hybridized carbons (Fsp3) is 0.262. The maximum absolute atomic E-state index is 17.0. The first kappa shape index (κ1) is 54.6. The van der Waals surface area contributed by atoms with Crippen LogP contribution in [0.5, 0.6) is 17.2 Å². The lowest BCUT2D eigenvalue weighted by Crippen LogP contribution is -2.57. The number of morpholine rings is 1. The van der Waals surface area contributed by atoms with E-state index < -0.39 is 64.4 Å². The van der Waals surface area contributed by atoms with Crippen molar-refractivity contribution in [3.63, 3.8) is 0 Å². The van der Waals surface area contributed by atoms with Crippen molar-refractivity contribution >= 4 is 35.3 Å². The maximum atomic E-state index is 17.0. The number of aliphatic hydroxyl groups is 1. The number of methoxy groups -OCH3 is 2. The van der Waals surface area contributed by atoms with Crippen LogP contribution in [0, 0.1) is 27.9 Å². The summed E-state index contributed by atoms with van der Waals surface area (Å²) in [6.45, 7) is 0.641. The van der Waals surface area contributed by atoms with Gasteiger partial charge in [0.1, 0.15) is 36.5 Å². The highest BCUT2D eigenvalue weighted by atomic mass is 16.6. The Morgan fingerprint density at radius 1 is 0.780 bits per heavy atom. The molecule has 0 bridgehead atoms. The van der Waals surface area contributed by atoms with E-state index in [4.69, 9.17) is 23.7 Å². The molecule has 6 atom stereocenters. The smallest absolute Gasteiger partial charge is 0.421 e. The number of ether oxygens (including phenoxy) is 5. The number of imide groups is 1. The van der Waals surface area contributed by atoms with E-state index in [0.717, 1.165) is 27.2 Å². The zero-order valence-electron chi connectivity index (χ0n) is 45.4. The Kier molecular flexibility index (Phi) is 15.6. The van der Waals surface area contributed by atoms with Crippen molar-refractivity contribution in [2.24, 2.45) is 5.92 Å². The molecule has 1 spiro atoms. The van der Waals surface area contributed by atoms with Crippen molar-refractivity contribution in [3.8, 4) is 29.1 Å². The monoisotopic (exact) mass is 1100 g/mol. The van der Waals surface area contributed by atoms with Crippen LogP contribution in [0.15, 0.2) is 170 Å². The number of hydrogen-bond acceptors (Lipinski definition) is 14. The molecule has 7 aromatic rings. The van der Waals surface area contributed by atoms with Gasteiger partial charge < -0.3 is 33.7 Å². The molecule has 0 aliphatic carbocycles. The number of anilines is 1. The minimum atomic E-state index is -2.13. The van der Waals surface area contributed by atoms with Crippen molar-refractivity contribution in [1.82, 2.24) is 14.7 Å². The van der Waals surface area contributed by atoms with Crippen LogP contribution in [0.25, 0.3) is 0 Å². The number of benzene rings is 7. The van der Waals surface area contributed by atoms with Crippen LogP contribution in [0.2, 0.25) is 0 Å². The van der Waals surface area contributed by atoms with Gasteiger partial charge in [-0.05, 0) is 113 Å². The summed E-state index contributed by atoms with van der Waals surface area (Å²) in [6.07, 6.45) is -1.66. The van der Waals surface area contributed by atoms with Crippen LogP contribution in [-0.2, 0) is 55.4 Å². The molecule has 17 heteroatoms. The van der Waals surface area contributed by atoms with Crippen LogP contribution >= 0.6 is 0 Å². The summed E-state index contributed by atoms with van der Waals surface area (Å²) in [5.41, 5.74) is 3.67. The average Bonchev–Trinajstić information content (AvgIpc) is 1.53. The van der Waals surface area contributed by atoms with Gasteiger partial charge in [0.15, 0.2) is 11.5 Å². The normalized spacial score (nSPS) is 20.7. The first-order valence-corrected chi connectivity index (χ1v) is 27.0. The Balaban J connectivity index is 1.14. The molecule has 0 saturated carbocycles. The van der Waals surface area contributed by atoms with E-state index in [1.54, 1.807) is 54.5 Å². The van der Waals surface area contributed by atoms with Crippen molar-refractivity contribution in [2.75, 3.05) is 52.5 Å². The number of esters is 1. The van der Waals surface area contributed by atoms with E-state index in [1.807, 2.05) is 115 Å². The lowest BCUT2D eigenvalue weighted by molar-refractivity contribution is -0.384. The van der Waals surface area contributed by atoms with E-state index in [0.29, 0.717) is 59.0 Å². The molecule has 11 rings (SSSR count). The highest BCUT2D eigenvalue weighted by molar-refractivity contribution is 6.23. The van der Waals surface area contributed by atoms with Crippen LogP contribution < -0.4 is 19.1 Å². The van der Waals surface area contributed by atoms with Gasteiger partial charge in [-0.1, -0.05) is 115 Å². The lowest BCUT2D eigenvalue weighted by atomic mass is 9.64. The van der Waals surface area contributed by atoms with Gasteiger partial charge in [0.2, 0.25) is 11.8 Å². The third kappa shape index (κ3) is 10.2. The van der Waals surface area contributed by atoms with Gasteiger partial charge in [0.05, 0.1) is 56.0 Å². The molecule has 82 heavy (non-hydrogen) atoms. The Morgan fingerprint density at radius 3 is 2.10 bits per heavy atom. The third-order valence-electron chi connectivity index (χ3n) is 15.9. The molecule has 0 aromatic heterocycles. The number of fused-ring (bicyclic) bond motifs is 4. The van der Waals surface area contributed by atoms with E-state index in [-0.39, 0.29) is 49.8 Å². The molecular formula is C65H59N5O12. The maximum Gasteiger partial charge on any atom is 0.421 e. The number of nitro groups is 1. The number of nitrogens with zero attached hydrogens (tertiary/aromatic N) is 5. The predicted octanol–water partition coefficient (Wildman–Crippen LogP) is 9.05. The second kappa shape index (κ2) is 23.4. The number of aliphatic hydroxyl groups excluding tert-OH is 1. The number of nitro benzene ring substituents is 1. The molecule has 17 nitrogen and oxygen atoms in total. The predicted molar refractivity (Wildman–Crippen MR) is 303 cm³/mol. The van der Waals surface area contributed by atoms with E-state index in [9.17, 15) is 15.2 Å². The highest BCUT2D eigenvalue weighted by Crippen LogP contribution is 2.66. The highest BCUT2D eigenvalue weighted by Gasteiger charge is 2.76. The molecule has 1 N–H and O–H groups in total. The summed E-state index contributed by atoms with van der Waals surface area (Å²) < 4.78 is 30.0. The Bertz CT molecular complexity index is 3590. The third-order valence-corrected chi connectivity index (χ3v) is 15.9. The zero-order valence-corrected chi connectivity index (χ0v) is 45.4.